The van der Waals surface area contributed by atoms with Gasteiger partial charge in [0.2, 0.25) is 0 Å². The predicted octanol–water partition coefficient (Wildman–Crippen LogP) is 4.19. The molecule has 0 spiro atoms. The Kier molecular flexibility index (Phi) is 8.30. The molecule has 0 aromatic heterocycles. The van der Waals surface area contributed by atoms with Gasteiger partial charge in [0, 0.05) is 12.2 Å². The molecule has 0 heterocycles. The first-order chi connectivity index (χ1) is 10.9. The zero-order valence-corrected chi connectivity index (χ0v) is 14.8. The molecule has 1 amide bonds. The Bertz CT molecular complexity index is 452. The first kappa shape index (κ1) is 19.1. The maximum atomic E-state index is 11.5. The van der Waals surface area contributed by atoms with Crippen molar-refractivity contribution in [1.82, 2.24) is 5.32 Å². The van der Waals surface area contributed by atoms with Gasteiger partial charge in [0.1, 0.15) is 18.0 Å². The van der Waals surface area contributed by atoms with Crippen LogP contribution in [0, 0.1) is 0 Å². The molecular weight excluding hydrogens is 292 g/mol. The molecule has 0 aliphatic carbocycles. The quantitative estimate of drug-likeness (QED) is 0.669. The van der Waals surface area contributed by atoms with Crippen LogP contribution in [0.2, 0.25) is 0 Å². The Morgan fingerprint density at radius 3 is 2.39 bits per heavy atom. The smallest absolute Gasteiger partial charge is 0.407 e. The molecule has 5 nitrogen and oxygen atoms in total. The average molecular weight is 322 g/mol. The number of carbonyl (C=O) groups is 1. The van der Waals surface area contributed by atoms with E-state index in [4.69, 9.17) is 9.47 Å². The Labute approximate surface area is 139 Å². The van der Waals surface area contributed by atoms with Crippen LogP contribution in [0.15, 0.2) is 24.3 Å². The molecule has 23 heavy (non-hydrogen) atoms. The summed E-state index contributed by atoms with van der Waals surface area (Å²) in [5, 5.41) is 6.04. The van der Waals surface area contributed by atoms with Gasteiger partial charge in [0.15, 0.2) is 0 Å². The summed E-state index contributed by atoms with van der Waals surface area (Å²) in [6.07, 6.45) is 3.24. The van der Waals surface area contributed by atoms with Crippen LogP contribution in [0.3, 0.4) is 0 Å². The summed E-state index contributed by atoms with van der Waals surface area (Å²) in [5.41, 5.74) is 0.616. The van der Waals surface area contributed by atoms with Gasteiger partial charge >= 0.3 is 6.09 Å². The van der Waals surface area contributed by atoms with Crippen LogP contribution in [-0.2, 0) is 4.74 Å². The molecule has 2 N–H and O–H groups in total. The van der Waals surface area contributed by atoms with Crippen molar-refractivity contribution in [1.29, 1.82) is 0 Å². The van der Waals surface area contributed by atoms with E-state index in [1.807, 2.05) is 45.0 Å². The molecule has 1 aromatic rings. The Balaban J connectivity index is 2.19. The van der Waals surface area contributed by atoms with E-state index in [1.54, 1.807) is 0 Å². The monoisotopic (exact) mass is 322 g/mol. The van der Waals surface area contributed by atoms with Gasteiger partial charge in [-0.3, -0.25) is 0 Å². The lowest BCUT2D eigenvalue weighted by Gasteiger charge is -2.19. The molecule has 0 atom stereocenters. The van der Waals surface area contributed by atoms with Crippen molar-refractivity contribution in [2.45, 2.75) is 52.6 Å². The minimum atomic E-state index is -0.481. The summed E-state index contributed by atoms with van der Waals surface area (Å²) in [5.74, 6) is 0.787. The van der Waals surface area contributed by atoms with Crippen LogP contribution in [0.25, 0.3) is 0 Å². The van der Waals surface area contributed by atoms with Gasteiger partial charge in [-0.25, -0.2) is 4.79 Å². The average Bonchev–Trinajstić information content (AvgIpc) is 2.48. The van der Waals surface area contributed by atoms with Gasteiger partial charge in [-0.1, -0.05) is 19.8 Å². The van der Waals surface area contributed by atoms with Crippen LogP contribution >= 0.6 is 0 Å². The Morgan fingerprint density at radius 1 is 1.09 bits per heavy atom. The van der Waals surface area contributed by atoms with Gasteiger partial charge in [0.05, 0.1) is 6.54 Å². The van der Waals surface area contributed by atoms with Crippen LogP contribution in [0.1, 0.15) is 47.0 Å². The predicted molar refractivity (Wildman–Crippen MR) is 94.2 cm³/mol. The molecule has 0 radical (unpaired) electrons. The summed E-state index contributed by atoms with van der Waals surface area (Å²) < 4.78 is 10.7. The fourth-order valence-electron chi connectivity index (χ4n) is 1.91. The zero-order valence-electron chi connectivity index (χ0n) is 14.8. The van der Waals surface area contributed by atoms with Crippen LogP contribution in [-0.4, -0.2) is 31.4 Å². The van der Waals surface area contributed by atoms with Crippen molar-refractivity contribution in [2.24, 2.45) is 0 Å². The second-order valence-electron chi connectivity index (χ2n) is 6.44. The fourth-order valence-corrected chi connectivity index (χ4v) is 1.91. The van der Waals surface area contributed by atoms with Crippen molar-refractivity contribution in [3.63, 3.8) is 0 Å². The molecular formula is C18H30N2O3. The number of alkyl carbamates (subject to hydrolysis) is 1. The standard InChI is InChI=1S/C18H30N2O3/c1-5-6-7-12-19-15-8-10-16(11-9-15)22-14-13-20-17(21)23-18(2,3)4/h8-11,19H,5-7,12-14H2,1-4H3,(H,20,21). The van der Waals surface area contributed by atoms with E-state index in [2.05, 4.69) is 17.6 Å². The van der Waals surface area contributed by atoms with Gasteiger partial charge in [-0.15, -0.1) is 0 Å². The third kappa shape index (κ3) is 9.66. The van der Waals surface area contributed by atoms with Crippen LogP contribution < -0.4 is 15.4 Å². The summed E-state index contributed by atoms with van der Waals surface area (Å²) in [7, 11) is 0. The van der Waals surface area contributed by atoms with Crippen molar-refractivity contribution < 1.29 is 14.3 Å². The lowest BCUT2D eigenvalue weighted by Crippen LogP contribution is -2.34. The number of amides is 1. The van der Waals surface area contributed by atoms with E-state index in [9.17, 15) is 4.79 Å². The van der Waals surface area contributed by atoms with Crippen molar-refractivity contribution in [3.05, 3.63) is 24.3 Å². The highest BCUT2D eigenvalue weighted by atomic mass is 16.6. The Hall–Kier alpha value is -1.91. The molecule has 1 rings (SSSR count). The second-order valence-corrected chi connectivity index (χ2v) is 6.44. The number of nitrogens with one attached hydrogen (secondary N) is 2. The van der Waals surface area contributed by atoms with Crippen molar-refractivity contribution >= 4 is 11.8 Å². The van der Waals surface area contributed by atoms with E-state index < -0.39 is 11.7 Å². The van der Waals surface area contributed by atoms with E-state index in [0.29, 0.717) is 13.2 Å². The minimum Gasteiger partial charge on any atom is -0.492 e. The zero-order chi connectivity index (χ0) is 17.1. The number of rotatable bonds is 9. The number of benzene rings is 1. The second kappa shape index (κ2) is 9.98. The van der Waals surface area contributed by atoms with E-state index in [1.165, 1.54) is 19.3 Å². The van der Waals surface area contributed by atoms with Gasteiger partial charge < -0.3 is 20.1 Å². The number of unbranched alkanes of at least 4 members (excludes halogenated alkanes) is 2. The molecule has 1 aromatic carbocycles. The maximum absolute atomic E-state index is 11.5. The molecule has 0 fully saturated rings. The maximum Gasteiger partial charge on any atom is 0.407 e. The highest BCUT2D eigenvalue weighted by Gasteiger charge is 2.15. The summed E-state index contributed by atoms with van der Waals surface area (Å²) >= 11 is 0. The van der Waals surface area contributed by atoms with Crippen LogP contribution in [0.4, 0.5) is 10.5 Å². The lowest BCUT2D eigenvalue weighted by atomic mass is 10.2. The summed E-state index contributed by atoms with van der Waals surface area (Å²) in [6.45, 7) is 9.51. The van der Waals surface area contributed by atoms with Crippen molar-refractivity contribution in [2.75, 3.05) is 25.0 Å². The molecule has 0 bridgehead atoms. The summed E-state index contributed by atoms with van der Waals surface area (Å²) in [4.78, 5) is 11.5. The van der Waals surface area contributed by atoms with Gasteiger partial charge in [-0.05, 0) is 51.5 Å². The number of carbonyl (C=O) groups excluding carboxylic acids is 1. The van der Waals surface area contributed by atoms with Gasteiger partial charge in [-0.2, -0.15) is 0 Å². The molecule has 0 unspecified atom stereocenters. The topological polar surface area (TPSA) is 59.6 Å². The molecule has 0 saturated carbocycles. The Morgan fingerprint density at radius 2 is 1.78 bits per heavy atom. The van der Waals surface area contributed by atoms with E-state index in [0.717, 1.165) is 18.0 Å². The first-order valence-electron chi connectivity index (χ1n) is 8.34. The molecule has 0 aliphatic rings. The third-order valence-electron chi connectivity index (χ3n) is 3.00. The lowest BCUT2D eigenvalue weighted by molar-refractivity contribution is 0.0520. The highest BCUT2D eigenvalue weighted by Crippen LogP contribution is 2.15. The highest BCUT2D eigenvalue weighted by molar-refractivity contribution is 5.67. The fraction of sp³-hybridized carbons (Fsp3) is 0.611. The van der Waals surface area contributed by atoms with E-state index in [-0.39, 0.29) is 0 Å². The normalized spacial score (nSPS) is 11.0. The van der Waals surface area contributed by atoms with Gasteiger partial charge in [0.25, 0.3) is 0 Å². The van der Waals surface area contributed by atoms with Crippen molar-refractivity contribution in [3.8, 4) is 5.75 Å². The van der Waals surface area contributed by atoms with E-state index >= 15 is 0 Å². The van der Waals surface area contributed by atoms with Crippen LogP contribution in [0.5, 0.6) is 5.75 Å². The number of ether oxygens (including phenoxy) is 2. The number of anilines is 1. The molecule has 0 aliphatic heterocycles. The first-order valence-corrected chi connectivity index (χ1v) is 8.34. The minimum absolute atomic E-state index is 0.405. The largest absolute Gasteiger partial charge is 0.492 e. The molecule has 0 saturated heterocycles. The molecule has 130 valence electrons. The molecule has 5 heteroatoms. The summed E-state index contributed by atoms with van der Waals surface area (Å²) in [6, 6.07) is 7.86. The number of hydrogen-bond donors (Lipinski definition) is 2. The SMILES string of the molecule is CCCCCNc1ccc(OCCNC(=O)OC(C)(C)C)cc1. The third-order valence-corrected chi connectivity index (χ3v) is 3.00. The number of hydrogen-bond acceptors (Lipinski definition) is 4.